The van der Waals surface area contributed by atoms with Gasteiger partial charge < -0.3 is 15.4 Å². The number of Topliss-reactive ketones (excluding diaryl/α,β-unsaturated/α-hetero) is 1. The number of ketones is 1. The van der Waals surface area contributed by atoms with Crippen LogP contribution in [0, 0.1) is 0 Å². The van der Waals surface area contributed by atoms with Gasteiger partial charge in [0.15, 0.2) is 12.4 Å². The molecular formula is C13H14N2O3. The van der Waals surface area contributed by atoms with Crippen LogP contribution in [0.25, 0.3) is 0 Å². The average Bonchev–Trinajstić information content (AvgIpc) is 3.19. The predicted molar refractivity (Wildman–Crippen MR) is 65.9 cm³/mol. The van der Waals surface area contributed by atoms with Gasteiger partial charge in [0.25, 0.3) is 5.91 Å². The number of anilines is 1. The van der Waals surface area contributed by atoms with Crippen molar-refractivity contribution in [2.24, 2.45) is 0 Å². The average molecular weight is 246 g/mol. The monoisotopic (exact) mass is 246 g/mol. The molecular weight excluding hydrogens is 232 g/mol. The van der Waals surface area contributed by atoms with Crippen LogP contribution in [0.4, 0.5) is 5.69 Å². The molecule has 1 aromatic carbocycles. The van der Waals surface area contributed by atoms with E-state index in [1.807, 2.05) is 0 Å². The zero-order valence-electron chi connectivity index (χ0n) is 9.86. The smallest absolute Gasteiger partial charge is 0.262 e. The third kappa shape index (κ3) is 2.36. The van der Waals surface area contributed by atoms with E-state index in [0.29, 0.717) is 29.6 Å². The number of carbonyl (C=O) groups excluding carboxylic acids is 2. The number of hydrogen-bond donors (Lipinski definition) is 2. The molecule has 0 unspecified atom stereocenters. The quantitative estimate of drug-likeness (QED) is 0.776. The topological polar surface area (TPSA) is 67.4 Å². The summed E-state index contributed by atoms with van der Waals surface area (Å²) in [5.74, 6) is 0.453. The molecule has 1 aliphatic heterocycles. The summed E-state index contributed by atoms with van der Waals surface area (Å²) in [7, 11) is 0. The largest absolute Gasteiger partial charge is 0.482 e. The molecule has 2 aliphatic rings. The number of amides is 1. The fourth-order valence-electron chi connectivity index (χ4n) is 1.88. The number of ether oxygens (including phenoxy) is 1. The van der Waals surface area contributed by atoms with Gasteiger partial charge in [-0.05, 0) is 31.0 Å². The molecule has 5 nitrogen and oxygen atoms in total. The molecule has 3 rings (SSSR count). The van der Waals surface area contributed by atoms with Crippen LogP contribution in [-0.2, 0) is 4.79 Å². The van der Waals surface area contributed by atoms with Gasteiger partial charge in [0.2, 0.25) is 0 Å². The van der Waals surface area contributed by atoms with Gasteiger partial charge in [-0.3, -0.25) is 9.59 Å². The van der Waals surface area contributed by atoms with Crippen LogP contribution in [0.5, 0.6) is 5.75 Å². The van der Waals surface area contributed by atoms with Gasteiger partial charge in [-0.1, -0.05) is 0 Å². The zero-order chi connectivity index (χ0) is 12.5. The van der Waals surface area contributed by atoms with E-state index < -0.39 is 0 Å². The molecule has 0 spiro atoms. The van der Waals surface area contributed by atoms with Crippen molar-refractivity contribution in [3.63, 3.8) is 0 Å². The van der Waals surface area contributed by atoms with E-state index in [1.54, 1.807) is 18.2 Å². The van der Waals surface area contributed by atoms with Gasteiger partial charge in [0, 0.05) is 11.6 Å². The maximum atomic E-state index is 11.9. The third-order valence-corrected chi connectivity index (χ3v) is 3.06. The van der Waals surface area contributed by atoms with Gasteiger partial charge in [-0.2, -0.15) is 0 Å². The molecule has 0 atom stereocenters. The van der Waals surface area contributed by atoms with Crippen molar-refractivity contribution >= 4 is 17.4 Å². The van der Waals surface area contributed by atoms with E-state index in [9.17, 15) is 9.59 Å². The van der Waals surface area contributed by atoms with Gasteiger partial charge in [-0.25, -0.2) is 0 Å². The van der Waals surface area contributed by atoms with Crippen LogP contribution < -0.4 is 15.4 Å². The number of nitrogens with one attached hydrogen (secondary N) is 2. The lowest BCUT2D eigenvalue weighted by atomic mass is 10.1. The summed E-state index contributed by atoms with van der Waals surface area (Å²) in [6.45, 7) is 0.377. The lowest BCUT2D eigenvalue weighted by molar-refractivity contribution is -0.118. The normalized spacial score (nSPS) is 17.7. The number of rotatable bonds is 4. The molecule has 0 bridgehead atoms. The zero-order valence-corrected chi connectivity index (χ0v) is 9.86. The SMILES string of the molecule is O=C1COc2ccc(C(=O)CNC3CC3)cc2N1. The molecule has 1 amide bonds. The summed E-state index contributed by atoms with van der Waals surface area (Å²) in [6, 6.07) is 5.63. The Bertz CT molecular complexity index is 509. The van der Waals surface area contributed by atoms with Crippen molar-refractivity contribution < 1.29 is 14.3 Å². The molecule has 94 valence electrons. The molecule has 1 saturated carbocycles. The Labute approximate surface area is 105 Å². The van der Waals surface area contributed by atoms with Gasteiger partial charge in [0.1, 0.15) is 5.75 Å². The van der Waals surface area contributed by atoms with Crippen molar-refractivity contribution in [1.82, 2.24) is 5.32 Å². The van der Waals surface area contributed by atoms with E-state index in [1.165, 1.54) is 0 Å². The summed E-state index contributed by atoms with van der Waals surface area (Å²) in [5.41, 5.74) is 1.16. The summed E-state index contributed by atoms with van der Waals surface area (Å²) >= 11 is 0. The number of carbonyl (C=O) groups is 2. The number of fused-ring (bicyclic) bond motifs is 1. The second-order valence-electron chi connectivity index (χ2n) is 4.63. The van der Waals surface area contributed by atoms with Crippen LogP contribution in [0.1, 0.15) is 23.2 Å². The lowest BCUT2D eigenvalue weighted by Crippen LogP contribution is -2.27. The van der Waals surface area contributed by atoms with Gasteiger partial charge >= 0.3 is 0 Å². The molecule has 2 N–H and O–H groups in total. The van der Waals surface area contributed by atoms with Crippen molar-refractivity contribution in [3.05, 3.63) is 23.8 Å². The molecule has 18 heavy (non-hydrogen) atoms. The highest BCUT2D eigenvalue weighted by Gasteiger charge is 2.22. The first-order valence-corrected chi connectivity index (χ1v) is 6.05. The highest BCUT2D eigenvalue weighted by molar-refractivity contribution is 6.01. The van der Waals surface area contributed by atoms with Gasteiger partial charge in [0.05, 0.1) is 12.2 Å². The predicted octanol–water partition coefficient (Wildman–Crippen LogP) is 0.952. The Kier molecular flexibility index (Phi) is 2.76. The summed E-state index contributed by atoms with van der Waals surface area (Å²) in [4.78, 5) is 23.1. The van der Waals surface area contributed by atoms with E-state index in [0.717, 1.165) is 12.8 Å². The molecule has 0 saturated heterocycles. The van der Waals surface area contributed by atoms with Crippen molar-refractivity contribution in [2.45, 2.75) is 18.9 Å². The fourth-order valence-corrected chi connectivity index (χ4v) is 1.88. The van der Waals surface area contributed by atoms with E-state index in [4.69, 9.17) is 4.74 Å². The standard InChI is InChI=1S/C13H14N2O3/c16-11(6-14-9-2-3-9)8-1-4-12-10(5-8)15-13(17)7-18-12/h1,4-5,9,14H,2-3,6-7H2,(H,15,17). The summed E-state index contributed by atoms with van der Waals surface area (Å²) < 4.78 is 5.24. The van der Waals surface area contributed by atoms with Crippen LogP contribution in [0.15, 0.2) is 18.2 Å². The lowest BCUT2D eigenvalue weighted by Gasteiger charge is -2.18. The third-order valence-electron chi connectivity index (χ3n) is 3.06. The molecule has 1 aliphatic carbocycles. The summed E-state index contributed by atoms with van der Waals surface area (Å²) in [5, 5.41) is 5.87. The Morgan fingerprint density at radius 3 is 3.06 bits per heavy atom. The Hall–Kier alpha value is -1.88. The number of benzene rings is 1. The molecule has 1 aromatic rings. The Morgan fingerprint density at radius 2 is 2.28 bits per heavy atom. The highest BCUT2D eigenvalue weighted by Crippen LogP contribution is 2.28. The Balaban J connectivity index is 1.73. The minimum Gasteiger partial charge on any atom is -0.482 e. The minimum absolute atomic E-state index is 0.0313. The first-order chi connectivity index (χ1) is 8.72. The maximum Gasteiger partial charge on any atom is 0.262 e. The summed E-state index contributed by atoms with van der Waals surface area (Å²) in [6.07, 6.45) is 2.31. The van der Waals surface area contributed by atoms with Crippen LogP contribution in [-0.4, -0.2) is 30.9 Å². The maximum absolute atomic E-state index is 11.9. The van der Waals surface area contributed by atoms with E-state index in [-0.39, 0.29) is 18.3 Å². The van der Waals surface area contributed by atoms with Crippen LogP contribution in [0.3, 0.4) is 0 Å². The molecule has 0 radical (unpaired) electrons. The van der Waals surface area contributed by atoms with Crippen LogP contribution >= 0.6 is 0 Å². The van der Waals surface area contributed by atoms with Gasteiger partial charge in [-0.15, -0.1) is 0 Å². The van der Waals surface area contributed by atoms with Crippen molar-refractivity contribution in [3.8, 4) is 5.75 Å². The Morgan fingerprint density at radius 1 is 1.44 bits per heavy atom. The molecule has 1 heterocycles. The first kappa shape index (κ1) is 11.2. The van der Waals surface area contributed by atoms with Crippen molar-refractivity contribution in [1.29, 1.82) is 0 Å². The van der Waals surface area contributed by atoms with Crippen LogP contribution in [0.2, 0.25) is 0 Å². The van der Waals surface area contributed by atoms with E-state index in [2.05, 4.69) is 10.6 Å². The number of hydrogen-bond acceptors (Lipinski definition) is 4. The molecule has 1 fully saturated rings. The molecule has 5 heteroatoms. The minimum atomic E-state index is -0.191. The second-order valence-corrected chi connectivity index (χ2v) is 4.63. The first-order valence-electron chi connectivity index (χ1n) is 6.05. The van der Waals surface area contributed by atoms with Crippen molar-refractivity contribution in [2.75, 3.05) is 18.5 Å². The highest BCUT2D eigenvalue weighted by atomic mass is 16.5. The fraction of sp³-hybridized carbons (Fsp3) is 0.385. The van der Waals surface area contributed by atoms with E-state index >= 15 is 0 Å². The second kappa shape index (κ2) is 4.42. The molecule has 0 aromatic heterocycles.